The van der Waals surface area contributed by atoms with E-state index in [4.69, 9.17) is 11.6 Å². The maximum absolute atomic E-state index is 13.2. The van der Waals surface area contributed by atoms with Crippen LogP contribution < -0.4 is 5.32 Å². The molecule has 25 heavy (non-hydrogen) atoms. The summed E-state index contributed by atoms with van der Waals surface area (Å²) in [6, 6.07) is 14.7. The number of nitrogens with zero attached hydrogens (tertiary/aromatic N) is 1. The Labute approximate surface area is 153 Å². The van der Waals surface area contributed by atoms with Crippen molar-refractivity contribution in [1.29, 1.82) is 0 Å². The van der Waals surface area contributed by atoms with Gasteiger partial charge in [0.25, 0.3) is 0 Å². The van der Waals surface area contributed by atoms with Crippen LogP contribution in [0.1, 0.15) is 24.0 Å². The van der Waals surface area contributed by atoms with Gasteiger partial charge in [-0.2, -0.15) is 4.31 Å². The highest BCUT2D eigenvalue weighted by molar-refractivity contribution is 7.89. The molecule has 2 aromatic rings. The summed E-state index contributed by atoms with van der Waals surface area (Å²) in [4.78, 5) is 0.306. The monoisotopic (exact) mass is 376 g/mol. The Hall–Kier alpha value is -1.40. The Kier molecular flexibility index (Phi) is 4.36. The third-order valence-electron chi connectivity index (χ3n) is 5.43. The van der Waals surface area contributed by atoms with E-state index in [0.717, 1.165) is 31.5 Å². The molecule has 0 saturated carbocycles. The maximum atomic E-state index is 13.2. The van der Waals surface area contributed by atoms with Crippen molar-refractivity contribution in [3.63, 3.8) is 0 Å². The average Bonchev–Trinajstić information content (AvgIpc) is 2.63. The molecule has 0 aromatic heterocycles. The van der Waals surface area contributed by atoms with E-state index < -0.39 is 10.0 Å². The predicted octanol–water partition coefficient (Wildman–Crippen LogP) is 3.17. The quantitative estimate of drug-likeness (QED) is 0.875. The number of piperidine rings is 1. The molecule has 0 bridgehead atoms. The molecule has 1 spiro atoms. The van der Waals surface area contributed by atoms with Gasteiger partial charge < -0.3 is 5.32 Å². The van der Waals surface area contributed by atoms with Gasteiger partial charge in [0.2, 0.25) is 10.0 Å². The zero-order valence-electron chi connectivity index (χ0n) is 13.9. The van der Waals surface area contributed by atoms with Crippen molar-refractivity contribution in [1.82, 2.24) is 9.62 Å². The highest BCUT2D eigenvalue weighted by atomic mass is 35.5. The van der Waals surface area contributed by atoms with Crippen LogP contribution in [0, 0.1) is 0 Å². The van der Waals surface area contributed by atoms with Crippen LogP contribution in [0.2, 0.25) is 5.02 Å². The van der Waals surface area contributed by atoms with Crippen LogP contribution in [0.4, 0.5) is 0 Å². The first-order valence-corrected chi connectivity index (χ1v) is 10.4. The second-order valence-corrected chi connectivity index (χ2v) is 9.29. The molecule has 4 nitrogen and oxygen atoms in total. The van der Waals surface area contributed by atoms with Crippen LogP contribution >= 0.6 is 11.6 Å². The Morgan fingerprint density at radius 1 is 1.00 bits per heavy atom. The minimum atomic E-state index is -3.54. The van der Waals surface area contributed by atoms with Crippen molar-refractivity contribution in [2.45, 2.75) is 29.7 Å². The number of hydrogen-bond donors (Lipinski definition) is 1. The first kappa shape index (κ1) is 17.0. The highest BCUT2D eigenvalue weighted by Gasteiger charge is 2.43. The molecule has 0 unspecified atom stereocenters. The van der Waals surface area contributed by atoms with Crippen molar-refractivity contribution in [3.8, 4) is 0 Å². The third-order valence-corrected chi connectivity index (χ3v) is 7.48. The van der Waals surface area contributed by atoms with Crippen molar-refractivity contribution < 1.29 is 8.42 Å². The molecule has 4 rings (SSSR count). The molecule has 1 fully saturated rings. The van der Waals surface area contributed by atoms with Gasteiger partial charge in [0, 0.05) is 23.5 Å². The van der Waals surface area contributed by atoms with Crippen molar-refractivity contribution in [2.75, 3.05) is 19.6 Å². The Morgan fingerprint density at radius 2 is 1.68 bits per heavy atom. The van der Waals surface area contributed by atoms with Gasteiger partial charge in [-0.05, 0) is 61.3 Å². The minimum absolute atomic E-state index is 0.0976. The molecule has 2 aliphatic heterocycles. The number of rotatable bonds is 2. The van der Waals surface area contributed by atoms with Crippen LogP contribution in [-0.2, 0) is 22.0 Å². The van der Waals surface area contributed by atoms with Gasteiger partial charge in [-0.15, -0.1) is 0 Å². The van der Waals surface area contributed by atoms with E-state index in [-0.39, 0.29) is 5.41 Å². The number of sulfonamides is 1. The zero-order chi connectivity index (χ0) is 17.5. The largest absolute Gasteiger partial charge is 0.317 e. The van der Waals surface area contributed by atoms with E-state index in [0.29, 0.717) is 23.0 Å². The molecule has 1 N–H and O–H groups in total. The Balaban J connectivity index is 1.76. The second-order valence-electron chi connectivity index (χ2n) is 6.91. The van der Waals surface area contributed by atoms with Gasteiger partial charge in [0.15, 0.2) is 0 Å². The molecular formula is C19H21ClN2O2S. The van der Waals surface area contributed by atoms with E-state index in [1.54, 1.807) is 28.6 Å². The molecule has 0 aliphatic carbocycles. The molecule has 2 aliphatic rings. The summed E-state index contributed by atoms with van der Waals surface area (Å²) in [7, 11) is -3.54. The lowest BCUT2D eigenvalue weighted by molar-refractivity contribution is 0.215. The SMILES string of the molecule is O=S(=O)(c1ccc(Cl)cc1)N1Cc2ccccc2C2(CCNCC2)C1. The molecule has 0 amide bonds. The van der Waals surface area contributed by atoms with Gasteiger partial charge in [-0.1, -0.05) is 35.9 Å². The summed E-state index contributed by atoms with van der Waals surface area (Å²) in [5.74, 6) is 0. The van der Waals surface area contributed by atoms with E-state index in [9.17, 15) is 8.42 Å². The van der Waals surface area contributed by atoms with Crippen molar-refractivity contribution in [2.24, 2.45) is 0 Å². The summed E-state index contributed by atoms with van der Waals surface area (Å²) in [6.07, 6.45) is 1.91. The fourth-order valence-electron chi connectivity index (χ4n) is 4.10. The number of benzene rings is 2. The van der Waals surface area contributed by atoms with E-state index in [1.165, 1.54) is 5.56 Å². The second kappa shape index (κ2) is 6.40. The number of hydrogen-bond acceptors (Lipinski definition) is 3. The van der Waals surface area contributed by atoms with Crippen LogP contribution in [0.15, 0.2) is 53.4 Å². The zero-order valence-corrected chi connectivity index (χ0v) is 15.5. The number of nitrogens with one attached hydrogen (secondary N) is 1. The molecule has 132 valence electrons. The molecular weight excluding hydrogens is 356 g/mol. The van der Waals surface area contributed by atoms with Gasteiger partial charge in [0.1, 0.15) is 0 Å². The molecule has 2 heterocycles. The van der Waals surface area contributed by atoms with Crippen molar-refractivity contribution >= 4 is 21.6 Å². The normalized spacial score (nSPS) is 20.4. The number of halogens is 1. The first-order chi connectivity index (χ1) is 12.0. The average molecular weight is 377 g/mol. The summed E-state index contributed by atoms with van der Waals surface area (Å²) >= 11 is 5.92. The fourth-order valence-corrected chi connectivity index (χ4v) is 5.73. The summed E-state index contributed by atoms with van der Waals surface area (Å²) in [6.45, 7) is 2.80. The molecule has 2 aromatic carbocycles. The lowest BCUT2D eigenvalue weighted by Gasteiger charge is -2.46. The van der Waals surface area contributed by atoms with Gasteiger partial charge in [-0.3, -0.25) is 0 Å². The summed E-state index contributed by atoms with van der Waals surface area (Å²) in [5, 5.41) is 3.94. The molecule has 6 heteroatoms. The lowest BCUT2D eigenvalue weighted by atomic mass is 9.70. The fraction of sp³-hybridized carbons (Fsp3) is 0.368. The van der Waals surface area contributed by atoms with Gasteiger partial charge in [-0.25, -0.2) is 8.42 Å². The van der Waals surface area contributed by atoms with E-state index >= 15 is 0 Å². The first-order valence-electron chi connectivity index (χ1n) is 8.56. The minimum Gasteiger partial charge on any atom is -0.317 e. The maximum Gasteiger partial charge on any atom is 0.243 e. The molecule has 0 radical (unpaired) electrons. The lowest BCUT2D eigenvalue weighted by Crippen LogP contribution is -2.52. The predicted molar refractivity (Wildman–Crippen MR) is 99.3 cm³/mol. The summed E-state index contributed by atoms with van der Waals surface area (Å²) in [5.41, 5.74) is 2.34. The van der Waals surface area contributed by atoms with Gasteiger partial charge in [0.05, 0.1) is 4.90 Å². The van der Waals surface area contributed by atoms with Crippen LogP contribution in [0.25, 0.3) is 0 Å². The van der Waals surface area contributed by atoms with Crippen LogP contribution in [0.5, 0.6) is 0 Å². The Morgan fingerprint density at radius 3 is 2.40 bits per heavy atom. The van der Waals surface area contributed by atoms with Crippen LogP contribution in [-0.4, -0.2) is 32.4 Å². The van der Waals surface area contributed by atoms with E-state index in [1.807, 2.05) is 6.07 Å². The number of fused-ring (bicyclic) bond motifs is 2. The third kappa shape index (κ3) is 2.99. The Bertz CT molecular complexity index is 875. The molecule has 0 atom stereocenters. The smallest absolute Gasteiger partial charge is 0.243 e. The van der Waals surface area contributed by atoms with E-state index in [2.05, 4.69) is 23.5 Å². The van der Waals surface area contributed by atoms with Crippen LogP contribution in [0.3, 0.4) is 0 Å². The highest BCUT2D eigenvalue weighted by Crippen LogP contribution is 2.41. The molecule has 1 saturated heterocycles. The van der Waals surface area contributed by atoms with Crippen molar-refractivity contribution in [3.05, 3.63) is 64.7 Å². The topological polar surface area (TPSA) is 49.4 Å². The summed E-state index contributed by atoms with van der Waals surface area (Å²) < 4.78 is 28.0. The standard InChI is InChI=1S/C19H21ClN2O2S/c20-16-5-7-17(8-6-16)25(23,24)22-13-15-3-1-2-4-18(15)19(14-22)9-11-21-12-10-19/h1-8,21H,9-14H2. The van der Waals surface area contributed by atoms with Gasteiger partial charge >= 0.3 is 0 Å².